The first-order chi connectivity index (χ1) is 12.8. The summed E-state index contributed by atoms with van der Waals surface area (Å²) >= 11 is 0. The van der Waals surface area contributed by atoms with Crippen molar-refractivity contribution in [1.82, 2.24) is 4.31 Å². The number of carbonyl (C=O) groups excluding carboxylic acids is 1. The quantitative estimate of drug-likeness (QED) is 0.764. The Labute approximate surface area is 153 Å². The number of nitrogens with zero attached hydrogens (tertiary/aromatic N) is 1. The van der Waals surface area contributed by atoms with E-state index in [2.05, 4.69) is 10.6 Å². The van der Waals surface area contributed by atoms with Gasteiger partial charge in [0.15, 0.2) is 17.5 Å². The second-order valence-corrected chi connectivity index (χ2v) is 8.20. The summed E-state index contributed by atoms with van der Waals surface area (Å²) in [5.74, 6) is -5.30. The summed E-state index contributed by atoms with van der Waals surface area (Å²) in [6.45, 7) is 0.393. The van der Waals surface area contributed by atoms with Gasteiger partial charge in [-0.15, -0.1) is 0 Å². The molecule has 1 amide bonds. The highest BCUT2D eigenvalue weighted by Crippen LogP contribution is 2.36. The first-order valence-electron chi connectivity index (χ1n) is 8.16. The molecule has 1 saturated heterocycles. The van der Waals surface area contributed by atoms with Crippen LogP contribution in [0, 0.1) is 17.5 Å². The average Bonchev–Trinajstić information content (AvgIpc) is 3.09. The van der Waals surface area contributed by atoms with E-state index in [0.717, 1.165) is 6.42 Å². The molecule has 6 nitrogen and oxygen atoms in total. The summed E-state index contributed by atoms with van der Waals surface area (Å²) in [6.07, 6.45) is 1.13. The van der Waals surface area contributed by atoms with Crippen molar-refractivity contribution in [2.75, 3.05) is 17.2 Å². The average molecular weight is 397 g/mol. The van der Waals surface area contributed by atoms with E-state index in [1.54, 1.807) is 0 Å². The Morgan fingerprint density at radius 1 is 1.15 bits per heavy atom. The van der Waals surface area contributed by atoms with Crippen molar-refractivity contribution in [1.29, 1.82) is 0 Å². The molecule has 4 rings (SSSR count). The van der Waals surface area contributed by atoms with Crippen LogP contribution in [0.1, 0.15) is 23.2 Å². The lowest BCUT2D eigenvalue weighted by atomic mass is 10.1. The molecule has 2 aliphatic heterocycles. The molecule has 1 fully saturated rings. The molecule has 2 aliphatic rings. The van der Waals surface area contributed by atoms with E-state index in [1.165, 1.54) is 22.5 Å². The van der Waals surface area contributed by atoms with Gasteiger partial charge in [0.25, 0.3) is 5.91 Å². The summed E-state index contributed by atoms with van der Waals surface area (Å²) in [5, 5.41) is 5.36. The highest BCUT2D eigenvalue weighted by Gasteiger charge is 2.41. The lowest BCUT2D eigenvalue weighted by Gasteiger charge is -2.32. The maximum absolute atomic E-state index is 13.3. The summed E-state index contributed by atoms with van der Waals surface area (Å²) < 4.78 is 66.4. The number of sulfonamides is 1. The minimum absolute atomic E-state index is 0.0121. The van der Waals surface area contributed by atoms with Crippen LogP contribution in [0.15, 0.2) is 35.2 Å². The number of hydrogen-bond acceptors (Lipinski definition) is 4. The van der Waals surface area contributed by atoms with E-state index < -0.39 is 33.4 Å². The maximum Gasteiger partial charge on any atom is 0.255 e. The molecule has 142 valence electrons. The van der Waals surface area contributed by atoms with Gasteiger partial charge in [-0.3, -0.25) is 4.79 Å². The van der Waals surface area contributed by atoms with Crippen LogP contribution in [0.3, 0.4) is 0 Å². The molecule has 0 aromatic heterocycles. The zero-order valence-electron chi connectivity index (χ0n) is 13.8. The van der Waals surface area contributed by atoms with Crippen molar-refractivity contribution < 1.29 is 26.4 Å². The first-order valence-corrected chi connectivity index (χ1v) is 9.60. The molecular formula is C17H14F3N3O3S. The van der Waals surface area contributed by atoms with Gasteiger partial charge in [0, 0.05) is 29.9 Å². The van der Waals surface area contributed by atoms with Gasteiger partial charge in [-0.25, -0.2) is 21.6 Å². The number of fused-ring (bicyclic) bond motifs is 2. The van der Waals surface area contributed by atoms with E-state index in [9.17, 15) is 26.4 Å². The summed E-state index contributed by atoms with van der Waals surface area (Å²) in [6, 6.07) is 5.36. The Morgan fingerprint density at radius 2 is 1.85 bits per heavy atom. The van der Waals surface area contributed by atoms with Crippen LogP contribution >= 0.6 is 0 Å². The Morgan fingerprint density at radius 3 is 2.56 bits per heavy atom. The predicted octanol–water partition coefficient (Wildman–Crippen LogP) is 2.89. The topological polar surface area (TPSA) is 78.5 Å². The fourth-order valence-electron chi connectivity index (χ4n) is 3.31. The molecule has 1 atom stereocenters. The molecule has 0 saturated carbocycles. The fraction of sp³-hybridized carbons (Fsp3) is 0.235. The maximum atomic E-state index is 13.3. The molecule has 2 aromatic carbocycles. The standard InChI is InChI=1S/C17H14F3N3O3S/c18-11-7-10(8-12(19)16(11)20)21-17(24)9-3-4-13-14(6-9)27(25,26)23-5-1-2-15(23)22-13/h3-4,6-8,15,22H,1-2,5H2,(H,21,24). The largest absolute Gasteiger partial charge is 0.368 e. The predicted molar refractivity (Wildman–Crippen MR) is 91.2 cm³/mol. The number of benzene rings is 2. The molecule has 2 aromatic rings. The zero-order valence-corrected chi connectivity index (χ0v) is 14.6. The monoisotopic (exact) mass is 397 g/mol. The lowest BCUT2D eigenvalue weighted by molar-refractivity contribution is 0.102. The Kier molecular flexibility index (Phi) is 4.11. The van der Waals surface area contributed by atoms with Crippen molar-refractivity contribution in [3.8, 4) is 0 Å². The van der Waals surface area contributed by atoms with Gasteiger partial charge < -0.3 is 10.6 Å². The number of carbonyl (C=O) groups is 1. The van der Waals surface area contributed by atoms with Crippen LogP contribution < -0.4 is 10.6 Å². The van der Waals surface area contributed by atoms with E-state index in [0.29, 0.717) is 30.8 Å². The third-order valence-corrected chi connectivity index (χ3v) is 6.55. The van der Waals surface area contributed by atoms with Crippen LogP contribution in [0.25, 0.3) is 0 Å². The zero-order chi connectivity index (χ0) is 19.3. The van der Waals surface area contributed by atoms with Crippen molar-refractivity contribution in [2.45, 2.75) is 23.9 Å². The second kappa shape index (κ2) is 6.24. The van der Waals surface area contributed by atoms with Crippen molar-refractivity contribution >= 4 is 27.3 Å². The van der Waals surface area contributed by atoms with Crippen LogP contribution in [0.4, 0.5) is 24.5 Å². The Hall–Kier alpha value is -2.59. The van der Waals surface area contributed by atoms with Crippen LogP contribution in [-0.4, -0.2) is 31.3 Å². The second-order valence-electron chi connectivity index (χ2n) is 6.34. The van der Waals surface area contributed by atoms with Crippen molar-refractivity contribution in [3.63, 3.8) is 0 Å². The summed E-state index contributed by atoms with van der Waals surface area (Å²) in [5.41, 5.74) is 0.102. The number of nitrogens with one attached hydrogen (secondary N) is 2. The minimum atomic E-state index is -3.75. The van der Waals surface area contributed by atoms with Crippen molar-refractivity contribution in [2.24, 2.45) is 0 Å². The number of hydrogen-bond donors (Lipinski definition) is 2. The van der Waals surface area contributed by atoms with Gasteiger partial charge in [0.1, 0.15) is 4.90 Å². The highest BCUT2D eigenvalue weighted by molar-refractivity contribution is 7.89. The number of anilines is 2. The fourth-order valence-corrected chi connectivity index (χ4v) is 5.10. The van der Waals surface area contributed by atoms with Gasteiger partial charge in [-0.1, -0.05) is 0 Å². The molecule has 2 N–H and O–H groups in total. The smallest absolute Gasteiger partial charge is 0.255 e. The van der Waals surface area contributed by atoms with Gasteiger partial charge in [0.05, 0.1) is 11.9 Å². The molecule has 0 radical (unpaired) electrons. The van der Waals surface area contributed by atoms with Gasteiger partial charge in [-0.2, -0.15) is 4.31 Å². The molecule has 2 heterocycles. The number of halogens is 3. The Balaban J connectivity index is 1.65. The molecule has 10 heteroatoms. The van der Waals surface area contributed by atoms with Crippen LogP contribution in [-0.2, 0) is 10.0 Å². The minimum Gasteiger partial charge on any atom is -0.368 e. The SMILES string of the molecule is O=C(Nc1cc(F)c(F)c(F)c1)c1ccc2c(c1)S(=O)(=O)N1CCCC1N2. The van der Waals surface area contributed by atoms with E-state index >= 15 is 0 Å². The molecular weight excluding hydrogens is 383 g/mol. The summed E-state index contributed by atoms with van der Waals surface area (Å²) in [7, 11) is -3.75. The van der Waals surface area contributed by atoms with Crippen LogP contribution in [0.5, 0.6) is 0 Å². The molecule has 0 bridgehead atoms. The lowest BCUT2D eigenvalue weighted by Crippen LogP contribution is -2.44. The molecule has 0 spiro atoms. The van der Waals surface area contributed by atoms with E-state index in [4.69, 9.17) is 0 Å². The van der Waals surface area contributed by atoms with Gasteiger partial charge in [0.2, 0.25) is 10.0 Å². The van der Waals surface area contributed by atoms with Crippen LogP contribution in [0.2, 0.25) is 0 Å². The normalized spacial score (nSPS) is 20.5. The van der Waals surface area contributed by atoms with E-state index in [1.807, 2.05) is 0 Å². The molecule has 27 heavy (non-hydrogen) atoms. The van der Waals surface area contributed by atoms with E-state index in [-0.39, 0.29) is 22.3 Å². The third kappa shape index (κ3) is 2.94. The first kappa shape index (κ1) is 17.8. The molecule has 0 aliphatic carbocycles. The van der Waals surface area contributed by atoms with Gasteiger partial charge >= 0.3 is 0 Å². The van der Waals surface area contributed by atoms with Gasteiger partial charge in [-0.05, 0) is 31.0 Å². The Bertz CT molecular complexity index is 1040. The third-order valence-electron chi connectivity index (χ3n) is 4.60. The molecule has 1 unspecified atom stereocenters. The summed E-state index contributed by atoms with van der Waals surface area (Å²) in [4.78, 5) is 12.3. The number of rotatable bonds is 2. The van der Waals surface area contributed by atoms with Crippen molar-refractivity contribution in [3.05, 3.63) is 53.3 Å². The highest BCUT2D eigenvalue weighted by atomic mass is 32.2. The number of amides is 1.